The minimum absolute atomic E-state index is 0.0542. The van der Waals surface area contributed by atoms with Crippen LogP contribution in [0.1, 0.15) is 5.56 Å². The third kappa shape index (κ3) is 4.97. The summed E-state index contributed by atoms with van der Waals surface area (Å²) < 4.78 is 23.6. The maximum atomic E-state index is 11.8. The van der Waals surface area contributed by atoms with Gasteiger partial charge in [-0.2, -0.15) is 0 Å². The van der Waals surface area contributed by atoms with E-state index >= 15 is 0 Å². The normalized spacial score (nSPS) is 15.0. The molecule has 0 fully saturated rings. The first-order valence-electron chi connectivity index (χ1n) is 7.89. The third-order valence-corrected chi connectivity index (χ3v) is 6.57. The Morgan fingerprint density at radius 2 is 1.63 bits per heavy atom. The Kier molecular flexibility index (Phi) is 6.50. The Balaban J connectivity index is 2.40. The van der Waals surface area contributed by atoms with Crippen molar-refractivity contribution in [2.75, 3.05) is 6.54 Å². The Morgan fingerprint density at radius 1 is 1.07 bits per heavy atom. The first-order valence-corrected chi connectivity index (χ1v) is 11.3. The van der Waals surface area contributed by atoms with Gasteiger partial charge in [-0.3, -0.25) is 14.0 Å². The predicted molar refractivity (Wildman–Crippen MR) is 102 cm³/mol. The molecule has 0 saturated carbocycles. The highest BCUT2D eigenvalue weighted by atomic mass is 31.2. The Hall–Kier alpha value is -1.70. The summed E-state index contributed by atoms with van der Waals surface area (Å²) in [5, 5.41) is 10.4. The van der Waals surface area contributed by atoms with Crippen LogP contribution in [0, 0.1) is 0 Å². The van der Waals surface area contributed by atoms with E-state index in [1.165, 1.54) is 12.1 Å². The third-order valence-electron chi connectivity index (χ3n) is 4.18. The van der Waals surface area contributed by atoms with Gasteiger partial charge in [0.25, 0.3) is 0 Å². The molecule has 11 heteroatoms. The van der Waals surface area contributed by atoms with Crippen molar-refractivity contribution in [3.05, 3.63) is 55.3 Å². The van der Waals surface area contributed by atoms with Crippen LogP contribution < -0.4 is 0 Å². The first-order chi connectivity index (χ1) is 12.5. The molecule has 27 heavy (non-hydrogen) atoms. The molecule has 0 spiro atoms. The summed E-state index contributed by atoms with van der Waals surface area (Å²) in [5.41, 5.74) is 1.47. The van der Waals surface area contributed by atoms with Crippen LogP contribution in [0.2, 0.25) is 0 Å². The number of nitrogens with one attached hydrogen (secondary N) is 1. The molecule has 1 aromatic carbocycles. The maximum absolute atomic E-state index is 11.8. The molecular weight excluding hydrogens is 394 g/mol. The largest absolute Gasteiger partial charge is 0.508 e. The number of phenols is 1. The minimum Gasteiger partial charge on any atom is -0.508 e. The molecule has 2 atom stereocenters. The Morgan fingerprint density at radius 3 is 2.11 bits per heavy atom. The zero-order chi connectivity index (χ0) is 20.4. The lowest BCUT2D eigenvalue weighted by atomic mass is 10.1. The number of aromatic amines is 1. The van der Waals surface area contributed by atoms with Crippen LogP contribution in [0.25, 0.3) is 10.9 Å². The predicted octanol–water partition coefficient (Wildman–Crippen LogP) is 2.10. The van der Waals surface area contributed by atoms with Crippen LogP contribution in [-0.4, -0.2) is 52.7 Å². The molecule has 2 unspecified atom stereocenters. The number of phenolic OH excluding ortho intramolecular Hbond substituents is 1. The van der Waals surface area contributed by atoms with Crippen molar-refractivity contribution >= 4 is 26.1 Å². The molecule has 2 aromatic rings. The van der Waals surface area contributed by atoms with Crippen LogP contribution >= 0.6 is 15.2 Å². The van der Waals surface area contributed by atoms with Crippen LogP contribution in [0.4, 0.5) is 0 Å². The van der Waals surface area contributed by atoms with Gasteiger partial charge < -0.3 is 29.7 Å². The van der Waals surface area contributed by atoms with E-state index in [4.69, 9.17) is 0 Å². The molecule has 0 saturated heterocycles. The fraction of sp³-hybridized carbons (Fsp3) is 0.250. The van der Waals surface area contributed by atoms with Crippen LogP contribution in [0.15, 0.2) is 49.7 Å². The summed E-state index contributed by atoms with van der Waals surface area (Å²) in [7, 11) is -9.52. The summed E-state index contributed by atoms with van der Waals surface area (Å²) in [4.78, 5) is 42.4. The molecule has 0 aliphatic rings. The van der Waals surface area contributed by atoms with E-state index in [1.54, 1.807) is 12.3 Å². The zero-order valence-electron chi connectivity index (χ0n) is 14.3. The molecule has 0 aliphatic carbocycles. The minimum atomic E-state index is -4.76. The highest BCUT2D eigenvalue weighted by Gasteiger charge is 2.41. The molecule has 0 bridgehead atoms. The van der Waals surface area contributed by atoms with E-state index < -0.39 is 26.8 Å². The van der Waals surface area contributed by atoms with Gasteiger partial charge in [-0.1, -0.05) is 12.2 Å². The standard InChI is InChI=1S/C16H22N2O7P2/c1-3-15(26(20,21)22)18(16(4-2)27(23,24)25)8-7-11-10-17-14-6-5-12(19)9-13(11)14/h3-6,9-10,15-17,19H,1-2,7-8H2,(H2,20,21,22)(H2,23,24,25). The van der Waals surface area contributed by atoms with Crippen molar-refractivity contribution in [2.24, 2.45) is 0 Å². The summed E-state index contributed by atoms with van der Waals surface area (Å²) in [6.07, 6.45) is 3.81. The van der Waals surface area contributed by atoms with Gasteiger partial charge in [-0.05, 0) is 30.2 Å². The van der Waals surface area contributed by atoms with Gasteiger partial charge in [0, 0.05) is 23.6 Å². The molecule has 1 aromatic heterocycles. The number of aromatic nitrogens is 1. The number of rotatable bonds is 9. The zero-order valence-corrected chi connectivity index (χ0v) is 16.1. The number of fused-ring (bicyclic) bond motifs is 1. The van der Waals surface area contributed by atoms with E-state index in [-0.39, 0.29) is 18.7 Å². The number of hydrogen-bond donors (Lipinski definition) is 6. The lowest BCUT2D eigenvalue weighted by molar-refractivity contribution is 0.218. The van der Waals surface area contributed by atoms with Crippen molar-refractivity contribution in [2.45, 2.75) is 18.0 Å². The highest BCUT2D eigenvalue weighted by molar-refractivity contribution is 7.53. The van der Waals surface area contributed by atoms with Gasteiger partial charge in [-0.25, -0.2) is 0 Å². The SMILES string of the molecule is C=CC(N(CCc1c[nH]c2ccc(O)cc12)C(C=C)P(=O)(O)O)P(=O)(O)O. The molecule has 1 heterocycles. The summed E-state index contributed by atoms with van der Waals surface area (Å²) >= 11 is 0. The second-order valence-electron chi connectivity index (χ2n) is 6.01. The molecule has 2 rings (SSSR count). The Bertz CT molecular complexity index is 896. The second kappa shape index (κ2) is 8.12. The molecule has 0 amide bonds. The topological polar surface area (TPSA) is 154 Å². The molecule has 0 radical (unpaired) electrons. The average molecular weight is 416 g/mol. The van der Waals surface area contributed by atoms with Crippen molar-refractivity contribution in [1.82, 2.24) is 9.88 Å². The van der Waals surface area contributed by atoms with Crippen molar-refractivity contribution in [1.29, 1.82) is 0 Å². The highest BCUT2D eigenvalue weighted by Crippen LogP contribution is 2.51. The lowest BCUT2D eigenvalue weighted by Gasteiger charge is -2.35. The van der Waals surface area contributed by atoms with Crippen molar-refractivity contribution < 1.29 is 33.8 Å². The number of nitrogens with zero attached hydrogens (tertiary/aromatic N) is 1. The maximum Gasteiger partial charge on any atom is 0.346 e. The fourth-order valence-electron chi connectivity index (χ4n) is 2.98. The summed E-state index contributed by atoms with van der Waals surface area (Å²) in [5.74, 6) is -3.13. The molecule has 148 valence electrons. The van der Waals surface area contributed by atoms with Gasteiger partial charge in [0.05, 0.1) is 0 Å². The number of aromatic hydroxyl groups is 1. The van der Waals surface area contributed by atoms with Gasteiger partial charge in [0.1, 0.15) is 17.3 Å². The van der Waals surface area contributed by atoms with E-state index in [9.17, 15) is 33.8 Å². The van der Waals surface area contributed by atoms with Crippen LogP contribution in [0.5, 0.6) is 5.75 Å². The second-order valence-corrected chi connectivity index (χ2v) is 9.42. The van der Waals surface area contributed by atoms with Gasteiger partial charge in [0.2, 0.25) is 0 Å². The summed E-state index contributed by atoms with van der Waals surface area (Å²) in [6, 6.07) is 4.72. The molecule has 9 nitrogen and oxygen atoms in total. The van der Waals surface area contributed by atoms with Gasteiger partial charge in [-0.15, -0.1) is 13.2 Å². The van der Waals surface area contributed by atoms with Crippen molar-refractivity contribution in [3.8, 4) is 5.75 Å². The Labute approximate surface area is 156 Å². The van der Waals surface area contributed by atoms with Gasteiger partial charge >= 0.3 is 15.2 Å². The van der Waals surface area contributed by atoms with E-state index in [0.29, 0.717) is 10.9 Å². The number of hydrogen-bond acceptors (Lipinski definition) is 4. The van der Waals surface area contributed by atoms with Crippen LogP contribution in [-0.2, 0) is 15.6 Å². The number of benzene rings is 1. The quantitative estimate of drug-likeness (QED) is 0.268. The smallest absolute Gasteiger partial charge is 0.346 e. The number of H-pyrrole nitrogens is 1. The first kappa shape index (κ1) is 21.6. The van der Waals surface area contributed by atoms with E-state index in [1.807, 2.05) is 0 Å². The molecule has 0 aliphatic heterocycles. The van der Waals surface area contributed by atoms with E-state index in [0.717, 1.165) is 22.6 Å². The lowest BCUT2D eigenvalue weighted by Crippen LogP contribution is -2.42. The van der Waals surface area contributed by atoms with E-state index in [2.05, 4.69) is 18.1 Å². The van der Waals surface area contributed by atoms with Gasteiger partial charge in [0.15, 0.2) is 0 Å². The average Bonchev–Trinajstić information content (AvgIpc) is 2.93. The van der Waals surface area contributed by atoms with Crippen LogP contribution in [0.3, 0.4) is 0 Å². The fourth-order valence-corrected chi connectivity index (χ4v) is 4.92. The molecule has 6 N–H and O–H groups in total. The summed E-state index contributed by atoms with van der Waals surface area (Å²) in [6.45, 7) is 6.70. The van der Waals surface area contributed by atoms with Crippen molar-refractivity contribution in [3.63, 3.8) is 0 Å². The monoisotopic (exact) mass is 416 g/mol. The molecular formula is C16H22N2O7P2.